The van der Waals surface area contributed by atoms with E-state index in [1.54, 1.807) is 0 Å². The van der Waals surface area contributed by atoms with Gasteiger partial charge in [-0.15, -0.1) is 31.4 Å². The van der Waals surface area contributed by atoms with E-state index in [0.29, 0.717) is 15.0 Å². The van der Waals surface area contributed by atoms with Crippen molar-refractivity contribution < 1.29 is 0 Å². The maximum Gasteiger partial charge on any atom is 0.306 e. The summed E-state index contributed by atoms with van der Waals surface area (Å²) in [5.74, 6) is 5.58. The van der Waals surface area contributed by atoms with Crippen molar-refractivity contribution >= 4 is 31.8 Å². The Kier molecular flexibility index (Phi) is 3.44. The second-order valence-corrected chi connectivity index (χ2v) is 6.95. The second-order valence-electron chi connectivity index (χ2n) is 5.95. The number of nitrogen functional groups attached to an aromatic ring is 1. The highest BCUT2D eigenvalue weighted by atomic mass is 32.1. The standard InChI is InChI=1S/C19H12N6OS/c20-25-19(26)17-16(22-24-25)14-13(11-7-3-1-4-8-11)15(21-23-18(14)27-17)12-9-5-2-6-10-12/h1-10H,20H2. The molecule has 3 heterocycles. The average molecular weight is 372 g/mol. The number of hydrogen-bond acceptors (Lipinski definition) is 7. The number of benzene rings is 2. The Morgan fingerprint density at radius 1 is 0.852 bits per heavy atom. The van der Waals surface area contributed by atoms with Crippen molar-refractivity contribution in [3.8, 4) is 22.4 Å². The van der Waals surface area contributed by atoms with E-state index in [1.807, 2.05) is 60.7 Å². The molecule has 0 radical (unpaired) electrons. The lowest BCUT2D eigenvalue weighted by Crippen LogP contribution is -2.30. The molecule has 0 spiro atoms. The van der Waals surface area contributed by atoms with Crippen LogP contribution in [0.4, 0.5) is 0 Å². The summed E-state index contributed by atoms with van der Waals surface area (Å²) in [6.45, 7) is 0. The highest BCUT2D eigenvalue weighted by Crippen LogP contribution is 2.40. The van der Waals surface area contributed by atoms with E-state index < -0.39 is 5.56 Å². The molecule has 5 rings (SSSR count). The number of aromatic nitrogens is 5. The molecule has 5 aromatic rings. The van der Waals surface area contributed by atoms with Crippen molar-refractivity contribution in [3.63, 3.8) is 0 Å². The molecule has 27 heavy (non-hydrogen) atoms. The van der Waals surface area contributed by atoms with E-state index in [1.165, 1.54) is 11.3 Å². The van der Waals surface area contributed by atoms with Crippen LogP contribution < -0.4 is 11.4 Å². The van der Waals surface area contributed by atoms with Gasteiger partial charge in [-0.25, -0.2) is 0 Å². The van der Waals surface area contributed by atoms with E-state index in [9.17, 15) is 4.79 Å². The Bertz CT molecular complexity index is 1350. The van der Waals surface area contributed by atoms with Crippen LogP contribution in [0, 0.1) is 0 Å². The second kappa shape index (κ2) is 5.96. The van der Waals surface area contributed by atoms with Gasteiger partial charge in [0, 0.05) is 11.1 Å². The van der Waals surface area contributed by atoms with Crippen LogP contribution in [0.15, 0.2) is 65.5 Å². The van der Waals surface area contributed by atoms with Gasteiger partial charge in [-0.05, 0) is 10.8 Å². The van der Waals surface area contributed by atoms with Gasteiger partial charge in [0.15, 0.2) is 0 Å². The van der Waals surface area contributed by atoms with E-state index in [0.717, 1.165) is 32.6 Å². The molecule has 0 saturated heterocycles. The van der Waals surface area contributed by atoms with Gasteiger partial charge in [-0.1, -0.05) is 60.7 Å². The van der Waals surface area contributed by atoms with Crippen LogP contribution in [0.1, 0.15) is 0 Å². The average Bonchev–Trinajstić information content (AvgIpc) is 3.11. The topological polar surface area (TPSA) is 99.6 Å². The third-order valence-electron chi connectivity index (χ3n) is 4.35. The molecule has 0 fully saturated rings. The monoisotopic (exact) mass is 372 g/mol. The molecule has 8 heteroatoms. The number of nitrogens with zero attached hydrogens (tertiary/aromatic N) is 5. The lowest BCUT2D eigenvalue weighted by Gasteiger charge is -2.10. The fourth-order valence-corrected chi connectivity index (χ4v) is 4.13. The third kappa shape index (κ3) is 2.38. The van der Waals surface area contributed by atoms with Gasteiger partial charge in [-0.2, -0.15) is 0 Å². The number of nitrogens with two attached hydrogens (primary N) is 1. The Hall–Kier alpha value is -3.65. The molecule has 2 aromatic carbocycles. The molecule has 0 aliphatic rings. The highest BCUT2D eigenvalue weighted by Gasteiger charge is 2.21. The first-order valence-corrected chi connectivity index (χ1v) is 9.00. The molecule has 0 saturated carbocycles. The Morgan fingerprint density at radius 2 is 1.52 bits per heavy atom. The molecule has 130 valence electrons. The lowest BCUT2D eigenvalue weighted by molar-refractivity contribution is 0.704. The zero-order valence-corrected chi connectivity index (χ0v) is 14.7. The maximum absolute atomic E-state index is 12.4. The summed E-state index contributed by atoms with van der Waals surface area (Å²) in [4.78, 5) is 13.8. The normalized spacial score (nSPS) is 11.3. The Morgan fingerprint density at radius 3 is 2.22 bits per heavy atom. The van der Waals surface area contributed by atoms with Crippen molar-refractivity contribution in [1.82, 2.24) is 25.3 Å². The first-order chi connectivity index (χ1) is 13.2. The highest BCUT2D eigenvalue weighted by molar-refractivity contribution is 7.25. The zero-order valence-electron chi connectivity index (χ0n) is 13.9. The predicted octanol–water partition coefficient (Wildman–Crippen LogP) is 2.84. The van der Waals surface area contributed by atoms with Crippen molar-refractivity contribution in [2.75, 3.05) is 5.84 Å². The zero-order chi connectivity index (χ0) is 18.4. The van der Waals surface area contributed by atoms with Crippen molar-refractivity contribution in [2.24, 2.45) is 0 Å². The van der Waals surface area contributed by atoms with E-state index in [-0.39, 0.29) is 0 Å². The van der Waals surface area contributed by atoms with E-state index in [2.05, 4.69) is 20.5 Å². The molecule has 0 aliphatic heterocycles. The van der Waals surface area contributed by atoms with Gasteiger partial charge in [0.1, 0.15) is 20.7 Å². The molecule has 0 aliphatic carbocycles. The summed E-state index contributed by atoms with van der Waals surface area (Å²) >= 11 is 1.23. The fraction of sp³-hybridized carbons (Fsp3) is 0. The molecule has 0 atom stereocenters. The van der Waals surface area contributed by atoms with Crippen LogP contribution in [0.5, 0.6) is 0 Å². The summed E-state index contributed by atoms with van der Waals surface area (Å²) in [6.07, 6.45) is 0. The number of hydrogen-bond donors (Lipinski definition) is 1. The number of rotatable bonds is 2. The van der Waals surface area contributed by atoms with Crippen LogP contribution in [0.2, 0.25) is 0 Å². The van der Waals surface area contributed by atoms with Crippen molar-refractivity contribution in [3.05, 3.63) is 71.0 Å². The molecule has 0 unspecified atom stereocenters. The van der Waals surface area contributed by atoms with Crippen LogP contribution in [-0.2, 0) is 0 Å². The lowest BCUT2D eigenvalue weighted by atomic mass is 9.97. The predicted molar refractivity (Wildman–Crippen MR) is 106 cm³/mol. The largest absolute Gasteiger partial charge is 0.318 e. The summed E-state index contributed by atoms with van der Waals surface area (Å²) in [5, 5.41) is 17.5. The third-order valence-corrected chi connectivity index (χ3v) is 5.40. The summed E-state index contributed by atoms with van der Waals surface area (Å²) in [7, 11) is 0. The molecule has 3 aromatic heterocycles. The van der Waals surface area contributed by atoms with Gasteiger partial charge in [0.25, 0.3) is 0 Å². The Balaban J connectivity index is 1.99. The van der Waals surface area contributed by atoms with Gasteiger partial charge in [0.2, 0.25) is 0 Å². The molecule has 0 bridgehead atoms. The van der Waals surface area contributed by atoms with Gasteiger partial charge >= 0.3 is 5.56 Å². The number of thiophene rings is 1. The minimum Gasteiger partial charge on any atom is -0.318 e. The molecule has 2 N–H and O–H groups in total. The van der Waals surface area contributed by atoms with Gasteiger partial charge in [0.05, 0.1) is 5.39 Å². The SMILES string of the molecule is Nn1nnc2c(sc3nnc(-c4ccccc4)c(-c4ccccc4)c32)c1=O. The maximum atomic E-state index is 12.4. The minimum atomic E-state index is -0.400. The smallest absolute Gasteiger partial charge is 0.306 e. The van der Waals surface area contributed by atoms with Gasteiger partial charge in [-0.3, -0.25) is 4.79 Å². The van der Waals surface area contributed by atoms with Crippen molar-refractivity contribution in [1.29, 1.82) is 0 Å². The quantitative estimate of drug-likeness (QED) is 0.478. The Labute approximate surface area is 156 Å². The fourth-order valence-electron chi connectivity index (χ4n) is 3.13. The summed E-state index contributed by atoms with van der Waals surface area (Å²) < 4.78 is 0.416. The molecular weight excluding hydrogens is 360 g/mol. The van der Waals surface area contributed by atoms with Crippen LogP contribution in [0.25, 0.3) is 42.8 Å². The first kappa shape index (κ1) is 15.6. The van der Waals surface area contributed by atoms with Crippen LogP contribution in [0.3, 0.4) is 0 Å². The van der Waals surface area contributed by atoms with Gasteiger partial charge < -0.3 is 5.84 Å². The van der Waals surface area contributed by atoms with Crippen molar-refractivity contribution in [2.45, 2.75) is 0 Å². The van der Waals surface area contributed by atoms with E-state index in [4.69, 9.17) is 5.84 Å². The molecule has 0 amide bonds. The van der Waals surface area contributed by atoms with E-state index >= 15 is 0 Å². The minimum absolute atomic E-state index is 0.400. The first-order valence-electron chi connectivity index (χ1n) is 8.19. The van der Waals surface area contributed by atoms with Crippen LogP contribution >= 0.6 is 11.3 Å². The van der Waals surface area contributed by atoms with Crippen LogP contribution in [-0.4, -0.2) is 25.3 Å². The molecule has 7 nitrogen and oxygen atoms in total. The molecular formula is C19H12N6OS. The summed E-state index contributed by atoms with van der Waals surface area (Å²) in [6, 6.07) is 19.7. The summed E-state index contributed by atoms with van der Waals surface area (Å²) in [5.41, 5.74) is 3.60. The number of fused-ring (bicyclic) bond motifs is 3.